The Bertz CT molecular complexity index is 1420. The normalized spacial score (nSPS) is 13.9. The summed E-state index contributed by atoms with van der Waals surface area (Å²) < 4.78 is 11.1. The highest BCUT2D eigenvalue weighted by molar-refractivity contribution is 6.05. The van der Waals surface area contributed by atoms with Crippen LogP contribution in [0, 0.1) is 5.92 Å². The van der Waals surface area contributed by atoms with E-state index in [1.54, 1.807) is 26.6 Å². The van der Waals surface area contributed by atoms with Gasteiger partial charge in [0.1, 0.15) is 11.4 Å². The number of carbonyl (C=O) groups excluding carboxylic acids is 1. The molecule has 3 N–H and O–H groups in total. The quantitative estimate of drug-likeness (QED) is 0.395. The molecule has 0 saturated heterocycles. The first-order valence-corrected chi connectivity index (χ1v) is 11.4. The molecule has 1 saturated carbocycles. The lowest BCUT2D eigenvalue weighted by atomic mass is 9.99. The summed E-state index contributed by atoms with van der Waals surface area (Å²) in [6.45, 7) is 2.11. The van der Waals surface area contributed by atoms with Crippen LogP contribution in [-0.2, 0) is 0 Å². The van der Waals surface area contributed by atoms with Gasteiger partial charge < -0.3 is 20.5 Å². The van der Waals surface area contributed by atoms with Crippen molar-refractivity contribution in [3.05, 3.63) is 54.5 Å². The summed E-state index contributed by atoms with van der Waals surface area (Å²) >= 11 is 0. The van der Waals surface area contributed by atoms with Gasteiger partial charge in [0.05, 0.1) is 25.4 Å². The first-order chi connectivity index (χ1) is 17.0. The Morgan fingerprint density at radius 3 is 2.51 bits per heavy atom. The monoisotopic (exact) mass is 470 g/mol. The fraction of sp³-hybridized carbons (Fsp3) is 0.269. The highest BCUT2D eigenvalue weighted by atomic mass is 16.5. The van der Waals surface area contributed by atoms with Gasteiger partial charge in [0, 0.05) is 34.9 Å². The Morgan fingerprint density at radius 2 is 1.80 bits per heavy atom. The Morgan fingerprint density at radius 1 is 1.03 bits per heavy atom. The van der Waals surface area contributed by atoms with E-state index in [1.165, 1.54) is 12.8 Å². The number of rotatable bonds is 8. The maximum Gasteiger partial charge on any atom is 0.271 e. The second kappa shape index (κ2) is 9.17. The maximum atomic E-state index is 12.0. The van der Waals surface area contributed by atoms with Crippen molar-refractivity contribution in [2.24, 2.45) is 11.7 Å². The average Bonchev–Trinajstić information content (AvgIpc) is 3.73. The topological polar surface area (TPSA) is 125 Å². The van der Waals surface area contributed by atoms with E-state index in [-0.39, 0.29) is 11.7 Å². The number of hydrogen-bond acceptors (Lipinski definition) is 8. The fourth-order valence-corrected chi connectivity index (χ4v) is 4.28. The number of ether oxygens (including phenoxy) is 2. The van der Waals surface area contributed by atoms with Crippen molar-refractivity contribution in [3.63, 3.8) is 0 Å². The summed E-state index contributed by atoms with van der Waals surface area (Å²) in [5, 5.41) is 12.7. The van der Waals surface area contributed by atoms with Crippen LogP contribution in [-0.4, -0.2) is 46.3 Å². The van der Waals surface area contributed by atoms with E-state index in [4.69, 9.17) is 15.2 Å². The van der Waals surface area contributed by atoms with E-state index in [9.17, 15) is 4.79 Å². The number of nitrogens with two attached hydrogens (primary N) is 1. The third-order valence-corrected chi connectivity index (χ3v) is 6.34. The van der Waals surface area contributed by atoms with E-state index >= 15 is 0 Å². The zero-order chi connectivity index (χ0) is 24.5. The van der Waals surface area contributed by atoms with Crippen LogP contribution in [0.2, 0.25) is 0 Å². The van der Waals surface area contributed by atoms with Crippen molar-refractivity contribution in [1.29, 1.82) is 0 Å². The summed E-state index contributed by atoms with van der Waals surface area (Å²) in [6, 6.07) is 11.9. The number of benzene rings is 2. The number of nitrogens with zero attached hydrogens (tertiary/aromatic N) is 4. The molecule has 0 unspecified atom stereocenters. The molecular formula is C26H26N6O3. The van der Waals surface area contributed by atoms with Crippen LogP contribution in [0.3, 0.4) is 0 Å². The third-order valence-electron chi connectivity index (χ3n) is 6.34. The molecule has 0 aliphatic heterocycles. The molecule has 35 heavy (non-hydrogen) atoms. The van der Waals surface area contributed by atoms with Crippen LogP contribution < -0.4 is 20.5 Å². The molecular weight excluding hydrogens is 444 g/mol. The molecule has 1 amide bonds. The Labute approximate surface area is 202 Å². The Kier molecular flexibility index (Phi) is 5.90. The molecule has 2 aromatic carbocycles. The summed E-state index contributed by atoms with van der Waals surface area (Å²) in [6.07, 6.45) is 5.56. The molecule has 0 bridgehead atoms. The minimum absolute atomic E-state index is 0.151. The third kappa shape index (κ3) is 4.32. The van der Waals surface area contributed by atoms with Crippen LogP contribution in [0.5, 0.6) is 11.6 Å². The average molecular weight is 471 g/mol. The van der Waals surface area contributed by atoms with Gasteiger partial charge in [-0.05, 0) is 55.5 Å². The lowest BCUT2D eigenvalue weighted by Crippen LogP contribution is -2.23. The van der Waals surface area contributed by atoms with Crippen LogP contribution >= 0.6 is 0 Å². The second-order valence-corrected chi connectivity index (χ2v) is 8.62. The van der Waals surface area contributed by atoms with E-state index < -0.39 is 5.91 Å². The van der Waals surface area contributed by atoms with Crippen molar-refractivity contribution in [1.82, 2.24) is 20.2 Å². The molecule has 0 spiro atoms. The molecule has 1 aliphatic rings. The summed E-state index contributed by atoms with van der Waals surface area (Å²) in [4.78, 5) is 20.7. The predicted octanol–water partition coefficient (Wildman–Crippen LogP) is 4.08. The molecule has 0 radical (unpaired) electrons. The number of methoxy groups -OCH3 is 2. The van der Waals surface area contributed by atoms with E-state index in [1.807, 2.05) is 36.4 Å². The molecule has 9 heteroatoms. The predicted molar refractivity (Wildman–Crippen MR) is 133 cm³/mol. The zero-order valence-corrected chi connectivity index (χ0v) is 19.8. The molecule has 1 fully saturated rings. The number of fused-ring (bicyclic) bond motifs is 1. The number of nitrogens with one attached hydrogen (secondary N) is 1. The molecule has 2 aromatic heterocycles. The number of anilines is 1. The standard InChI is InChI=1S/C26H26N6O3/c1-14(15-4-5-15)30-23-19-9-6-16(12-20(19)31-32-24(23)25(27)33)18-8-7-17(13-21(18)34-2)22-26(35-3)29-11-10-28-22/h6-15H,4-5H2,1-3H3,(H2,27,33)(H,30,31)/t14-/m1/s1. The van der Waals surface area contributed by atoms with Gasteiger partial charge >= 0.3 is 0 Å². The largest absolute Gasteiger partial charge is 0.496 e. The smallest absolute Gasteiger partial charge is 0.271 e. The number of carbonyl (C=O) groups is 1. The van der Waals surface area contributed by atoms with Gasteiger partial charge in [-0.3, -0.25) is 4.79 Å². The van der Waals surface area contributed by atoms with Crippen molar-refractivity contribution >= 4 is 22.5 Å². The molecule has 9 nitrogen and oxygen atoms in total. The molecule has 2 heterocycles. The number of primary amides is 1. The highest BCUT2D eigenvalue weighted by Gasteiger charge is 2.29. The Hall–Kier alpha value is -4.27. The minimum Gasteiger partial charge on any atom is -0.496 e. The Balaban J connectivity index is 1.57. The van der Waals surface area contributed by atoms with Crippen molar-refractivity contribution < 1.29 is 14.3 Å². The van der Waals surface area contributed by atoms with Crippen LogP contribution in [0.25, 0.3) is 33.3 Å². The van der Waals surface area contributed by atoms with E-state index in [2.05, 4.69) is 32.4 Å². The first kappa shape index (κ1) is 22.5. The first-order valence-electron chi connectivity index (χ1n) is 11.4. The summed E-state index contributed by atoms with van der Waals surface area (Å²) in [5.41, 5.74) is 10.3. The van der Waals surface area contributed by atoms with Gasteiger partial charge in [-0.15, -0.1) is 10.2 Å². The number of aromatic nitrogens is 4. The second-order valence-electron chi connectivity index (χ2n) is 8.62. The summed E-state index contributed by atoms with van der Waals surface area (Å²) in [5.74, 6) is 1.09. The van der Waals surface area contributed by atoms with Gasteiger partial charge in [-0.2, -0.15) is 0 Å². The van der Waals surface area contributed by atoms with Gasteiger partial charge in [-0.25, -0.2) is 9.97 Å². The van der Waals surface area contributed by atoms with Crippen molar-refractivity contribution in [2.45, 2.75) is 25.8 Å². The van der Waals surface area contributed by atoms with Crippen molar-refractivity contribution in [2.75, 3.05) is 19.5 Å². The maximum absolute atomic E-state index is 12.0. The van der Waals surface area contributed by atoms with Crippen molar-refractivity contribution in [3.8, 4) is 34.0 Å². The van der Waals surface area contributed by atoms with Gasteiger partial charge in [0.25, 0.3) is 5.91 Å². The highest BCUT2D eigenvalue weighted by Crippen LogP contribution is 2.39. The van der Waals surface area contributed by atoms with E-state index in [0.717, 1.165) is 22.1 Å². The number of amides is 1. The molecule has 178 valence electrons. The fourth-order valence-electron chi connectivity index (χ4n) is 4.28. The SMILES string of the molecule is COc1cc(-c2nccnc2OC)ccc1-c1ccc2c(N[C@H](C)C3CC3)c(C(N)=O)nnc2c1. The lowest BCUT2D eigenvalue weighted by Gasteiger charge is -2.18. The van der Waals surface area contributed by atoms with Crippen LogP contribution in [0.15, 0.2) is 48.8 Å². The van der Waals surface area contributed by atoms with Crippen LogP contribution in [0.4, 0.5) is 5.69 Å². The van der Waals surface area contributed by atoms with Gasteiger partial charge in [0.15, 0.2) is 5.69 Å². The van der Waals surface area contributed by atoms with E-state index in [0.29, 0.717) is 34.4 Å². The molecule has 5 rings (SSSR count). The lowest BCUT2D eigenvalue weighted by molar-refractivity contribution is 0.0995. The van der Waals surface area contributed by atoms with Gasteiger partial charge in [-0.1, -0.05) is 12.1 Å². The van der Waals surface area contributed by atoms with Gasteiger partial charge in [0.2, 0.25) is 5.88 Å². The van der Waals surface area contributed by atoms with Crippen LogP contribution in [0.1, 0.15) is 30.3 Å². The minimum atomic E-state index is -0.606. The zero-order valence-electron chi connectivity index (χ0n) is 19.8. The molecule has 4 aromatic rings. The molecule has 1 aliphatic carbocycles. The molecule has 1 atom stereocenters. The number of hydrogen-bond donors (Lipinski definition) is 2. The summed E-state index contributed by atoms with van der Waals surface area (Å²) in [7, 11) is 3.19.